The SMILES string of the molecule is CCc1cc(Nc2cc3onc(NS(=O)(=O)c4ccc(C(=O)NCCCCCNC(=O)c5ccc(-c6nnc(C)nn6)cc5)cc4OC)c3cc2OC)n[nH]1.COC(=O)c1ccc(S(=O)(=O)Cl)c(OC)c1. The highest BCUT2D eigenvalue weighted by Gasteiger charge is 2.25. The monoisotopic (exact) mass is 1030 g/mol. The third kappa shape index (κ3) is 13.5. The molecule has 0 fully saturated rings. The van der Waals surface area contributed by atoms with E-state index in [0.717, 1.165) is 18.5 Å². The summed E-state index contributed by atoms with van der Waals surface area (Å²) >= 11 is 0. The standard InChI is InChI=1S/C36H39N11O7S.C9H9ClO5S/c1-5-25-18-32(43-42-25)39-27-20-28-26(19-29(27)52-3)34(46-54-28)47-55(50,51)31-14-13-24(17-30(31)53-4)36(49)38-16-8-6-7-15-37-35(48)23-11-9-22(10-12-23)33-44-40-21(2)41-45-33;1-14-7-5-6(9(11)15-2)3-4-8(7)16(10,12)13/h9-14,17-20H,5-8,15-16H2,1-4H3,(H,37,48)(H,38,49)(H,46,47)(H2,39,42,43);3-5H,1-2H3. The van der Waals surface area contributed by atoms with Crippen molar-refractivity contribution in [3.8, 4) is 28.6 Å². The van der Waals surface area contributed by atoms with Crippen molar-refractivity contribution in [2.24, 2.45) is 0 Å². The number of carbonyl (C=O) groups excluding carboxylic acids is 3. The van der Waals surface area contributed by atoms with Gasteiger partial charge >= 0.3 is 5.97 Å². The number of amides is 2. The summed E-state index contributed by atoms with van der Waals surface area (Å²) in [7, 11) is 2.34. The number of methoxy groups -OCH3 is 4. The van der Waals surface area contributed by atoms with Crippen LogP contribution in [0.5, 0.6) is 17.2 Å². The molecule has 0 bridgehead atoms. The van der Waals surface area contributed by atoms with E-state index in [1.165, 1.54) is 64.8 Å². The van der Waals surface area contributed by atoms with Crippen molar-refractivity contribution in [1.82, 2.24) is 46.4 Å². The van der Waals surface area contributed by atoms with E-state index in [0.29, 0.717) is 76.9 Å². The Labute approximate surface area is 411 Å². The Balaban J connectivity index is 0.000000439. The van der Waals surface area contributed by atoms with E-state index >= 15 is 0 Å². The molecule has 0 radical (unpaired) electrons. The highest BCUT2D eigenvalue weighted by Crippen LogP contribution is 2.37. The molecule has 3 aromatic heterocycles. The van der Waals surface area contributed by atoms with Gasteiger partial charge in [0.15, 0.2) is 23.0 Å². The molecule has 0 aliphatic rings. The largest absolute Gasteiger partial charge is 0.495 e. The van der Waals surface area contributed by atoms with Crippen LogP contribution in [-0.4, -0.2) is 112 Å². The molecule has 0 atom stereocenters. The maximum absolute atomic E-state index is 13.5. The number of carbonyl (C=O) groups is 3. The predicted molar refractivity (Wildman–Crippen MR) is 259 cm³/mol. The second kappa shape index (κ2) is 23.6. The Morgan fingerprint density at radius 3 is 1.90 bits per heavy atom. The van der Waals surface area contributed by atoms with E-state index < -0.39 is 31.0 Å². The van der Waals surface area contributed by atoms with Crippen molar-refractivity contribution < 1.29 is 54.7 Å². The average molecular weight is 1030 g/mol. The predicted octanol–water partition coefficient (Wildman–Crippen LogP) is 5.97. The van der Waals surface area contributed by atoms with Crippen LogP contribution >= 0.6 is 10.7 Å². The number of nitrogens with zero attached hydrogens (tertiary/aromatic N) is 6. The molecule has 7 aromatic rings. The fraction of sp³-hybridized carbons (Fsp3) is 0.267. The second-order valence-corrected chi connectivity index (χ2v) is 19.2. The number of aromatic amines is 1. The molecule has 0 saturated heterocycles. The van der Waals surface area contributed by atoms with Gasteiger partial charge < -0.3 is 39.4 Å². The normalized spacial score (nSPS) is 11.2. The number of esters is 1. The summed E-state index contributed by atoms with van der Waals surface area (Å²) in [6, 6.07) is 19.7. The summed E-state index contributed by atoms with van der Waals surface area (Å²) in [5.41, 5.74) is 3.39. The maximum atomic E-state index is 13.5. The van der Waals surface area contributed by atoms with Crippen LogP contribution in [-0.2, 0) is 30.2 Å². The topological polar surface area (TPSA) is 311 Å². The van der Waals surface area contributed by atoms with Crippen molar-refractivity contribution in [3.05, 3.63) is 107 Å². The van der Waals surface area contributed by atoms with Crippen molar-refractivity contribution in [1.29, 1.82) is 0 Å². The molecule has 23 nitrogen and oxygen atoms in total. The zero-order valence-electron chi connectivity index (χ0n) is 39.0. The number of H-pyrrole nitrogens is 1. The molecule has 26 heteroatoms. The number of aryl methyl sites for hydroxylation is 2. The molecule has 7 rings (SSSR count). The minimum absolute atomic E-state index is 0.00194. The number of benzene rings is 4. The van der Waals surface area contributed by atoms with Crippen LogP contribution in [0.4, 0.5) is 17.3 Å². The molecule has 374 valence electrons. The third-order valence-electron chi connectivity index (χ3n) is 10.3. The van der Waals surface area contributed by atoms with Crippen molar-refractivity contribution >= 4 is 75.8 Å². The Kier molecular flexibility index (Phi) is 17.4. The van der Waals surface area contributed by atoms with Crippen LogP contribution in [0, 0.1) is 6.92 Å². The molecule has 4 aromatic carbocycles. The van der Waals surface area contributed by atoms with Gasteiger partial charge in [-0.15, -0.1) is 20.4 Å². The molecule has 0 aliphatic carbocycles. The number of aromatic nitrogens is 7. The van der Waals surface area contributed by atoms with Gasteiger partial charge in [-0.05, 0) is 87.2 Å². The maximum Gasteiger partial charge on any atom is 0.337 e. The van der Waals surface area contributed by atoms with E-state index in [1.807, 2.05) is 13.0 Å². The Hall–Kier alpha value is -7.90. The first-order chi connectivity index (χ1) is 34.0. The van der Waals surface area contributed by atoms with Gasteiger partial charge in [-0.1, -0.05) is 24.2 Å². The molecular formula is C45H48ClN11O12S2. The summed E-state index contributed by atoms with van der Waals surface area (Å²) in [6.45, 7) is 4.54. The lowest BCUT2D eigenvalue weighted by atomic mass is 10.1. The molecule has 0 spiro atoms. The Bertz CT molecular complexity index is 3240. The number of nitrogens with one attached hydrogen (secondary N) is 5. The van der Waals surface area contributed by atoms with Gasteiger partial charge in [0.1, 0.15) is 27.0 Å². The van der Waals surface area contributed by atoms with E-state index in [-0.39, 0.29) is 44.1 Å². The lowest BCUT2D eigenvalue weighted by molar-refractivity contribution is 0.0599. The number of halogens is 1. The first-order valence-corrected chi connectivity index (χ1v) is 25.2. The number of hydrogen-bond donors (Lipinski definition) is 5. The minimum atomic E-state index is -4.25. The van der Waals surface area contributed by atoms with Gasteiger partial charge in [-0.3, -0.25) is 19.4 Å². The number of sulfonamides is 1. The van der Waals surface area contributed by atoms with Crippen LogP contribution in [0.25, 0.3) is 22.4 Å². The Morgan fingerprint density at radius 1 is 0.704 bits per heavy atom. The smallest absolute Gasteiger partial charge is 0.337 e. The van der Waals surface area contributed by atoms with Gasteiger partial charge in [-0.25, -0.2) is 21.6 Å². The molecule has 0 aliphatic heterocycles. The summed E-state index contributed by atoms with van der Waals surface area (Å²) in [4.78, 5) is 36.2. The highest BCUT2D eigenvalue weighted by molar-refractivity contribution is 8.13. The first-order valence-electron chi connectivity index (χ1n) is 21.4. The fourth-order valence-corrected chi connectivity index (χ4v) is 8.74. The zero-order valence-corrected chi connectivity index (χ0v) is 41.4. The second-order valence-electron chi connectivity index (χ2n) is 15.0. The van der Waals surface area contributed by atoms with Gasteiger partial charge in [0.25, 0.3) is 30.9 Å². The number of fused-ring (bicyclic) bond motifs is 1. The number of ether oxygens (including phenoxy) is 4. The molecule has 71 heavy (non-hydrogen) atoms. The van der Waals surface area contributed by atoms with Crippen LogP contribution in [0.3, 0.4) is 0 Å². The summed E-state index contributed by atoms with van der Waals surface area (Å²) in [5.74, 6) is 0.542. The Morgan fingerprint density at radius 2 is 1.30 bits per heavy atom. The lowest BCUT2D eigenvalue weighted by Crippen LogP contribution is -2.26. The zero-order chi connectivity index (χ0) is 51.3. The van der Waals surface area contributed by atoms with Crippen molar-refractivity contribution in [2.45, 2.75) is 49.3 Å². The molecule has 0 unspecified atom stereocenters. The van der Waals surface area contributed by atoms with Crippen LogP contribution < -0.4 is 34.9 Å². The van der Waals surface area contributed by atoms with Crippen molar-refractivity contribution in [3.63, 3.8) is 0 Å². The minimum Gasteiger partial charge on any atom is -0.495 e. The van der Waals surface area contributed by atoms with Gasteiger partial charge in [-0.2, -0.15) is 5.10 Å². The van der Waals surface area contributed by atoms with Crippen LogP contribution in [0.2, 0.25) is 0 Å². The van der Waals surface area contributed by atoms with E-state index in [9.17, 15) is 31.2 Å². The first kappa shape index (κ1) is 52.5. The average Bonchev–Trinajstić information content (AvgIpc) is 4.00. The molecule has 5 N–H and O–H groups in total. The van der Waals surface area contributed by atoms with Crippen molar-refractivity contribution in [2.75, 3.05) is 51.6 Å². The van der Waals surface area contributed by atoms with Gasteiger partial charge in [0, 0.05) is 58.3 Å². The number of hydrogen-bond acceptors (Lipinski definition) is 19. The highest BCUT2D eigenvalue weighted by atomic mass is 35.7. The molecule has 0 saturated carbocycles. The molecular weight excluding hydrogens is 986 g/mol. The summed E-state index contributed by atoms with van der Waals surface area (Å²) in [6.07, 6.45) is 2.91. The van der Waals surface area contributed by atoms with E-state index in [2.05, 4.69) is 61.2 Å². The van der Waals surface area contributed by atoms with E-state index in [1.54, 1.807) is 43.3 Å². The molecule has 3 heterocycles. The lowest BCUT2D eigenvalue weighted by Gasteiger charge is -2.13. The quantitative estimate of drug-likeness (QED) is 0.0333. The summed E-state index contributed by atoms with van der Waals surface area (Å²) in [5, 5.41) is 36.1. The van der Waals surface area contributed by atoms with E-state index in [4.69, 9.17) is 29.4 Å². The van der Waals surface area contributed by atoms with Gasteiger partial charge in [0.05, 0.1) is 45.1 Å². The number of unbranched alkanes of at least 4 members (excludes halogenated alkanes) is 2. The molecule has 2 amide bonds. The summed E-state index contributed by atoms with van der Waals surface area (Å²) < 4.78 is 77.5. The fourth-order valence-electron chi connectivity index (χ4n) is 6.58. The van der Waals surface area contributed by atoms with Crippen LogP contribution in [0.15, 0.2) is 93.2 Å². The van der Waals surface area contributed by atoms with Gasteiger partial charge in [0.2, 0.25) is 5.82 Å². The third-order valence-corrected chi connectivity index (χ3v) is 13.0. The van der Waals surface area contributed by atoms with Crippen LogP contribution in [0.1, 0.15) is 68.8 Å². The number of rotatable bonds is 20. The number of anilines is 3.